The number of rotatable bonds is 2. The highest BCUT2D eigenvalue weighted by Crippen LogP contribution is 2.62. The van der Waals surface area contributed by atoms with Gasteiger partial charge in [0.05, 0.1) is 5.41 Å². The van der Waals surface area contributed by atoms with Crippen LogP contribution in [0.25, 0.3) is 0 Å². The predicted molar refractivity (Wildman–Crippen MR) is 78.7 cm³/mol. The molecule has 2 atom stereocenters. The SMILES string of the molecule is CC1(C)C[C@]2(C(N)=O)CN(C(=O)c3ccnc(C(F)(F)F)c3)C[C@H]12. The molecule has 130 valence electrons. The van der Waals surface area contributed by atoms with Gasteiger partial charge >= 0.3 is 6.18 Å². The lowest BCUT2D eigenvalue weighted by molar-refractivity contribution is -0.148. The molecule has 3 rings (SSSR count). The summed E-state index contributed by atoms with van der Waals surface area (Å²) in [6.07, 6.45) is -3.07. The van der Waals surface area contributed by atoms with Gasteiger partial charge in [0.15, 0.2) is 0 Å². The molecule has 1 aliphatic carbocycles. The quantitative estimate of drug-likeness (QED) is 0.895. The number of carbonyl (C=O) groups excluding carboxylic acids is 2. The standard InChI is InChI=1S/C16H18F3N3O2/c1-14(2)7-15(13(20)24)8-22(6-10(14)15)12(23)9-3-4-21-11(5-9)16(17,18)19/h3-5,10H,6-8H2,1-2H3,(H2,20,24)/t10-,15+/m1/s1. The first kappa shape index (κ1) is 16.7. The Balaban J connectivity index is 1.86. The molecule has 1 aromatic heterocycles. The highest BCUT2D eigenvalue weighted by atomic mass is 19.4. The van der Waals surface area contributed by atoms with Crippen LogP contribution < -0.4 is 5.73 Å². The molecule has 0 radical (unpaired) electrons. The van der Waals surface area contributed by atoms with Crippen LogP contribution >= 0.6 is 0 Å². The Bertz CT molecular complexity index is 717. The fraction of sp³-hybridized carbons (Fsp3) is 0.562. The van der Waals surface area contributed by atoms with Crippen molar-refractivity contribution in [3.8, 4) is 0 Å². The molecule has 2 amide bonds. The van der Waals surface area contributed by atoms with Crippen LogP contribution in [0.4, 0.5) is 13.2 Å². The molecule has 1 saturated carbocycles. The van der Waals surface area contributed by atoms with E-state index in [1.165, 1.54) is 11.0 Å². The van der Waals surface area contributed by atoms with Crippen molar-refractivity contribution in [2.75, 3.05) is 13.1 Å². The summed E-state index contributed by atoms with van der Waals surface area (Å²) >= 11 is 0. The lowest BCUT2D eigenvalue weighted by Gasteiger charge is -2.54. The molecule has 2 fully saturated rings. The zero-order chi connectivity index (χ0) is 17.9. The van der Waals surface area contributed by atoms with E-state index in [4.69, 9.17) is 5.73 Å². The van der Waals surface area contributed by atoms with Gasteiger partial charge < -0.3 is 10.6 Å². The second-order valence-electron chi connectivity index (χ2n) is 7.35. The van der Waals surface area contributed by atoms with E-state index in [2.05, 4.69) is 4.98 Å². The third kappa shape index (κ3) is 2.35. The fourth-order valence-corrected chi connectivity index (χ4v) is 4.28. The molecule has 1 saturated heterocycles. The Morgan fingerprint density at radius 1 is 1.38 bits per heavy atom. The van der Waals surface area contributed by atoms with E-state index in [1.54, 1.807) is 0 Å². The van der Waals surface area contributed by atoms with E-state index in [-0.39, 0.29) is 23.4 Å². The minimum Gasteiger partial charge on any atom is -0.369 e. The third-order valence-electron chi connectivity index (χ3n) is 5.33. The second kappa shape index (κ2) is 4.94. The maximum absolute atomic E-state index is 12.8. The predicted octanol–water partition coefficient (Wildman–Crippen LogP) is 2.07. The van der Waals surface area contributed by atoms with Crippen LogP contribution in [0.1, 0.15) is 36.3 Å². The van der Waals surface area contributed by atoms with Crippen molar-refractivity contribution >= 4 is 11.8 Å². The van der Waals surface area contributed by atoms with Gasteiger partial charge in [0.25, 0.3) is 5.91 Å². The number of halogens is 3. The molecule has 1 aliphatic heterocycles. The largest absolute Gasteiger partial charge is 0.433 e. The van der Waals surface area contributed by atoms with Gasteiger partial charge in [0, 0.05) is 24.8 Å². The number of alkyl halides is 3. The number of aromatic nitrogens is 1. The molecule has 0 aromatic carbocycles. The van der Waals surface area contributed by atoms with Crippen LogP contribution in [0.3, 0.4) is 0 Å². The number of likely N-dealkylation sites (tertiary alicyclic amines) is 1. The summed E-state index contributed by atoms with van der Waals surface area (Å²) in [5, 5.41) is 0. The summed E-state index contributed by atoms with van der Waals surface area (Å²) in [4.78, 5) is 29.2. The molecule has 2 N–H and O–H groups in total. The normalized spacial score (nSPS) is 28.2. The Labute approximate surface area is 137 Å². The number of amides is 2. The summed E-state index contributed by atoms with van der Waals surface area (Å²) in [6, 6.07) is 1.99. The molecule has 8 heteroatoms. The van der Waals surface area contributed by atoms with Crippen LogP contribution in [0, 0.1) is 16.7 Å². The van der Waals surface area contributed by atoms with Crippen molar-refractivity contribution in [3.05, 3.63) is 29.6 Å². The average molecular weight is 341 g/mol. The monoisotopic (exact) mass is 341 g/mol. The number of hydrogen-bond acceptors (Lipinski definition) is 3. The van der Waals surface area contributed by atoms with Crippen LogP contribution in [-0.2, 0) is 11.0 Å². The van der Waals surface area contributed by atoms with Gasteiger partial charge in [0.2, 0.25) is 5.91 Å². The highest BCUT2D eigenvalue weighted by Gasteiger charge is 2.66. The summed E-state index contributed by atoms with van der Waals surface area (Å²) in [6.45, 7) is 4.47. The first-order valence-corrected chi connectivity index (χ1v) is 7.60. The van der Waals surface area contributed by atoms with Gasteiger partial charge in [-0.1, -0.05) is 13.8 Å². The van der Waals surface area contributed by atoms with Crippen LogP contribution in [0.2, 0.25) is 0 Å². The molecule has 0 unspecified atom stereocenters. The van der Waals surface area contributed by atoms with E-state index in [0.717, 1.165) is 12.3 Å². The number of pyridine rings is 1. The zero-order valence-electron chi connectivity index (χ0n) is 13.4. The summed E-state index contributed by atoms with van der Waals surface area (Å²) < 4.78 is 38.3. The summed E-state index contributed by atoms with van der Waals surface area (Å²) in [5.74, 6) is -1.06. The topological polar surface area (TPSA) is 76.3 Å². The lowest BCUT2D eigenvalue weighted by Crippen LogP contribution is -2.59. The number of hydrogen-bond donors (Lipinski definition) is 1. The van der Waals surface area contributed by atoms with E-state index in [1.807, 2.05) is 13.8 Å². The minimum atomic E-state index is -4.61. The molecule has 24 heavy (non-hydrogen) atoms. The van der Waals surface area contributed by atoms with Gasteiger partial charge in [-0.3, -0.25) is 14.6 Å². The van der Waals surface area contributed by atoms with E-state index in [0.29, 0.717) is 13.0 Å². The number of fused-ring (bicyclic) bond motifs is 1. The summed E-state index contributed by atoms with van der Waals surface area (Å²) in [7, 11) is 0. The van der Waals surface area contributed by atoms with Gasteiger partial charge in [-0.15, -0.1) is 0 Å². The van der Waals surface area contributed by atoms with Crippen molar-refractivity contribution in [2.24, 2.45) is 22.5 Å². The summed E-state index contributed by atoms with van der Waals surface area (Å²) in [5.41, 5.74) is 3.45. The van der Waals surface area contributed by atoms with Crippen molar-refractivity contribution < 1.29 is 22.8 Å². The van der Waals surface area contributed by atoms with E-state index in [9.17, 15) is 22.8 Å². The number of primary amides is 1. The van der Waals surface area contributed by atoms with Crippen molar-refractivity contribution in [1.29, 1.82) is 0 Å². The lowest BCUT2D eigenvalue weighted by atomic mass is 9.48. The maximum atomic E-state index is 12.8. The molecule has 5 nitrogen and oxygen atoms in total. The van der Waals surface area contributed by atoms with Gasteiger partial charge in [-0.05, 0) is 29.9 Å². The average Bonchev–Trinajstić information content (AvgIpc) is 2.82. The molecule has 0 bridgehead atoms. The Kier molecular flexibility index (Phi) is 3.44. The van der Waals surface area contributed by atoms with Crippen LogP contribution in [0.15, 0.2) is 18.3 Å². The maximum Gasteiger partial charge on any atom is 0.433 e. The zero-order valence-corrected chi connectivity index (χ0v) is 13.4. The fourth-order valence-electron chi connectivity index (χ4n) is 4.28. The van der Waals surface area contributed by atoms with E-state index < -0.39 is 29.1 Å². The number of nitrogens with zero attached hydrogens (tertiary/aromatic N) is 2. The van der Waals surface area contributed by atoms with Gasteiger partial charge in [-0.2, -0.15) is 13.2 Å². The molecular weight excluding hydrogens is 323 g/mol. The third-order valence-corrected chi connectivity index (χ3v) is 5.33. The second-order valence-corrected chi connectivity index (χ2v) is 7.35. The molecule has 0 spiro atoms. The molecule has 1 aromatic rings. The Morgan fingerprint density at radius 2 is 2.04 bits per heavy atom. The highest BCUT2D eigenvalue weighted by molar-refractivity contribution is 5.95. The molecule has 2 heterocycles. The van der Waals surface area contributed by atoms with E-state index >= 15 is 0 Å². The Morgan fingerprint density at radius 3 is 2.54 bits per heavy atom. The Hall–Kier alpha value is -2.12. The minimum absolute atomic E-state index is 0.0737. The molecular formula is C16H18F3N3O2. The van der Waals surface area contributed by atoms with Crippen molar-refractivity contribution in [2.45, 2.75) is 26.4 Å². The van der Waals surface area contributed by atoms with Crippen molar-refractivity contribution in [1.82, 2.24) is 9.88 Å². The molecule has 2 aliphatic rings. The van der Waals surface area contributed by atoms with Gasteiger partial charge in [0.1, 0.15) is 5.69 Å². The van der Waals surface area contributed by atoms with Crippen LogP contribution in [0.5, 0.6) is 0 Å². The number of carbonyl (C=O) groups is 2. The first-order chi connectivity index (χ1) is 11.0. The number of nitrogens with two attached hydrogens (primary N) is 1. The van der Waals surface area contributed by atoms with Crippen LogP contribution in [-0.4, -0.2) is 34.8 Å². The van der Waals surface area contributed by atoms with Crippen molar-refractivity contribution in [3.63, 3.8) is 0 Å². The smallest absolute Gasteiger partial charge is 0.369 e. The van der Waals surface area contributed by atoms with Gasteiger partial charge in [-0.25, -0.2) is 0 Å². The first-order valence-electron chi connectivity index (χ1n) is 7.60.